The molecule has 0 radical (unpaired) electrons. The molecule has 0 rings (SSSR count). The molecule has 0 unspecified atom stereocenters. The summed E-state index contributed by atoms with van der Waals surface area (Å²) in [6, 6.07) is 0. The van der Waals surface area contributed by atoms with Crippen LogP contribution in [-0.2, 0) is 22.4 Å². The Balaban J connectivity index is -0.0000000457. The zero-order valence-corrected chi connectivity index (χ0v) is 11.7. The summed E-state index contributed by atoms with van der Waals surface area (Å²) in [6.07, 6.45) is 0. The molecule has 12 heteroatoms. The molecular weight excluding hydrogens is 392 g/mol. The summed E-state index contributed by atoms with van der Waals surface area (Å²) in [7, 11) is -11.2. The largest absolute Gasteiger partial charge is 5.00 e. The Hall–Kier alpha value is 1.39. The van der Waals surface area contributed by atoms with Crippen LogP contribution in [0.4, 0.5) is 0 Å². The van der Waals surface area contributed by atoms with Crippen LogP contribution in [0.2, 0.25) is 0 Å². The molecule has 12 heavy (non-hydrogen) atoms. The Morgan fingerprint density at radius 2 is 0.500 bits per heavy atom. The van der Waals surface area contributed by atoms with Gasteiger partial charge >= 0.3 is 39.7 Å². The minimum absolute atomic E-state index is 0. The van der Waals surface area contributed by atoms with Crippen molar-refractivity contribution in [2.45, 2.75) is 0 Å². The second-order valence-electron chi connectivity index (χ2n) is 1.00. The first-order valence-electron chi connectivity index (χ1n) is 1.63. The molecule has 0 heterocycles. The molecule has 0 fully saturated rings. The van der Waals surface area contributed by atoms with Crippen LogP contribution in [-0.4, -0.2) is 35.5 Å². The van der Waals surface area contributed by atoms with Gasteiger partial charge in [0.2, 0.25) is 0 Å². The second kappa shape index (κ2) is 8.96. The molecule has 0 aliphatic carbocycles. The van der Waals surface area contributed by atoms with E-state index in [-0.39, 0.29) is 39.7 Å². The van der Waals surface area contributed by atoms with Crippen molar-refractivity contribution in [2.24, 2.45) is 0 Å². The van der Waals surface area contributed by atoms with Crippen LogP contribution < -0.4 is 38.4 Å². The average Bonchev–Trinajstić information content (AvgIpc) is 1.12. The summed E-state index contributed by atoms with van der Waals surface area (Å²) < 4.78 is 0. The van der Waals surface area contributed by atoms with Gasteiger partial charge in [-0.1, -0.05) is 0 Å². The zero-order valence-electron chi connectivity index (χ0n) is 5.29. The van der Waals surface area contributed by atoms with E-state index in [9.17, 15) is 0 Å². The summed E-state index contributed by atoms with van der Waals surface area (Å²) in [4.78, 5) is 68.6. The fraction of sp³-hybridized carbons (Fsp3) is 0. The molecule has 0 atom stereocenters. The summed E-state index contributed by atoms with van der Waals surface area (Å²) in [5, 5.41) is 0. The topological polar surface area (TPSA) is 184 Å². The van der Waals surface area contributed by atoms with Crippen LogP contribution in [0.5, 0.6) is 0 Å². The van der Waals surface area contributed by atoms with Gasteiger partial charge in [-0.2, -0.15) is 0 Å². The van der Waals surface area contributed by atoms with Gasteiger partial charge in [0.25, 0.3) is 0 Å². The molecule has 64 valence electrons. The van der Waals surface area contributed by atoms with Crippen molar-refractivity contribution in [2.75, 3.05) is 0 Å². The SMILES string of the molecule is [Al+3].[O-][Si]([O-])([O-])[O-].[O-][Si]([O-])([O-])[O-].[Ta+5]. The maximum Gasteiger partial charge on any atom is 5.00 e. The van der Waals surface area contributed by atoms with E-state index in [1.165, 1.54) is 0 Å². The van der Waals surface area contributed by atoms with E-state index in [2.05, 4.69) is 0 Å². The minimum atomic E-state index is -5.61. The molecule has 0 bridgehead atoms. The van der Waals surface area contributed by atoms with Crippen molar-refractivity contribution in [1.82, 2.24) is 0 Å². The van der Waals surface area contributed by atoms with E-state index in [1.807, 2.05) is 0 Å². The molecule has 0 amide bonds. The van der Waals surface area contributed by atoms with Crippen molar-refractivity contribution in [1.29, 1.82) is 0 Å². The molecule has 0 aliphatic heterocycles. The summed E-state index contributed by atoms with van der Waals surface area (Å²) in [5.74, 6) is 0. The van der Waals surface area contributed by atoms with E-state index in [4.69, 9.17) is 38.4 Å². The van der Waals surface area contributed by atoms with Gasteiger partial charge in [-0.05, 0) is 0 Å². The quantitative estimate of drug-likeness (QED) is 0.364. The third-order valence-corrected chi connectivity index (χ3v) is 0. The van der Waals surface area contributed by atoms with Gasteiger partial charge in [0, 0.05) is 0 Å². The number of hydrogen-bond acceptors (Lipinski definition) is 8. The van der Waals surface area contributed by atoms with Gasteiger partial charge < -0.3 is 56.5 Å². The first-order valence-corrected chi connectivity index (χ1v) is 4.90. The molecule has 0 aromatic rings. The van der Waals surface area contributed by atoms with Crippen LogP contribution in [0.25, 0.3) is 0 Å². The minimum Gasteiger partial charge on any atom is -0.894 e. The molecule has 0 aliphatic rings. The summed E-state index contributed by atoms with van der Waals surface area (Å²) >= 11 is 0. The van der Waals surface area contributed by atoms with Crippen molar-refractivity contribution in [3.63, 3.8) is 0 Å². The maximum absolute atomic E-state index is 8.58. The molecule has 0 aromatic carbocycles. The number of hydrogen-bond donors (Lipinski definition) is 0. The Morgan fingerprint density at radius 1 is 0.500 bits per heavy atom. The first kappa shape index (κ1) is 23.3. The first-order chi connectivity index (χ1) is 4.00. The maximum atomic E-state index is 8.58. The fourth-order valence-electron chi connectivity index (χ4n) is 0. The van der Waals surface area contributed by atoms with Crippen molar-refractivity contribution in [3.05, 3.63) is 0 Å². The molecule has 0 spiro atoms. The molecule has 0 aromatic heterocycles. The Morgan fingerprint density at radius 3 is 0.500 bits per heavy atom. The average molecular weight is 392 g/mol. The van der Waals surface area contributed by atoms with Gasteiger partial charge in [0.15, 0.2) is 0 Å². The van der Waals surface area contributed by atoms with E-state index < -0.39 is 18.1 Å². The predicted octanol–water partition coefficient (Wildman–Crippen LogP) is -10.7. The smallest absolute Gasteiger partial charge is 0.894 e. The number of rotatable bonds is 0. The van der Waals surface area contributed by atoms with Crippen LogP contribution in [0, 0.1) is 0 Å². The second-order valence-corrected chi connectivity index (χ2v) is 3.00. The van der Waals surface area contributed by atoms with Crippen molar-refractivity contribution < 1.29 is 60.7 Å². The zero-order chi connectivity index (χ0) is 9.00. The Labute approximate surface area is 96.0 Å². The van der Waals surface area contributed by atoms with Crippen LogP contribution in [0.3, 0.4) is 0 Å². The van der Waals surface area contributed by atoms with Gasteiger partial charge in [-0.15, -0.1) is 0 Å². The third kappa shape index (κ3) is 639. The van der Waals surface area contributed by atoms with Gasteiger partial charge in [-0.25, -0.2) is 0 Å². The monoisotopic (exact) mass is 392 g/mol. The normalized spacial score (nSPS) is 10.0. The van der Waals surface area contributed by atoms with Crippen LogP contribution >= 0.6 is 0 Å². The molecule has 0 saturated heterocycles. The van der Waals surface area contributed by atoms with E-state index in [1.54, 1.807) is 0 Å². The van der Waals surface area contributed by atoms with E-state index in [0.717, 1.165) is 0 Å². The Bertz CT molecular complexity index is 60.0. The van der Waals surface area contributed by atoms with E-state index in [0.29, 0.717) is 0 Å². The molecular formula is AlO8Si2Ta. The standard InChI is InChI=1S/Al.2O4Si.Ta/c;2*1-5(2,3)4;/q+3;2*-4;+5. The van der Waals surface area contributed by atoms with Crippen LogP contribution in [0.15, 0.2) is 0 Å². The van der Waals surface area contributed by atoms with Gasteiger partial charge in [-0.3, -0.25) is 0 Å². The van der Waals surface area contributed by atoms with Crippen molar-refractivity contribution >= 4 is 35.5 Å². The van der Waals surface area contributed by atoms with Gasteiger partial charge in [0.1, 0.15) is 0 Å². The van der Waals surface area contributed by atoms with Crippen molar-refractivity contribution in [3.8, 4) is 0 Å². The molecule has 0 saturated carbocycles. The van der Waals surface area contributed by atoms with Gasteiger partial charge in [0.05, 0.1) is 0 Å². The van der Waals surface area contributed by atoms with Crippen LogP contribution in [0.1, 0.15) is 0 Å². The fourth-order valence-corrected chi connectivity index (χ4v) is 0. The summed E-state index contributed by atoms with van der Waals surface area (Å²) in [6.45, 7) is 0. The van der Waals surface area contributed by atoms with E-state index >= 15 is 0 Å². The predicted molar refractivity (Wildman–Crippen MR) is 17.3 cm³/mol. The molecule has 0 N–H and O–H groups in total. The summed E-state index contributed by atoms with van der Waals surface area (Å²) in [5.41, 5.74) is 0. The molecule has 8 nitrogen and oxygen atoms in total. The Kier molecular flexibility index (Phi) is 17.4. The third-order valence-electron chi connectivity index (χ3n) is 0.